The molecule has 1 rings (SSSR count). The molecule has 0 aromatic heterocycles. The minimum atomic E-state index is -0.565. The molecule has 1 aromatic carbocycles. The first-order valence-electron chi connectivity index (χ1n) is 6.46. The van der Waals surface area contributed by atoms with Crippen LogP contribution in [0.1, 0.15) is 13.3 Å². The summed E-state index contributed by atoms with van der Waals surface area (Å²) in [6, 6.07) is 9.31. The summed E-state index contributed by atoms with van der Waals surface area (Å²) in [5.74, 6) is 0.381. The number of para-hydroxylation sites is 1. The van der Waals surface area contributed by atoms with Gasteiger partial charge in [0.15, 0.2) is 0 Å². The Balaban J connectivity index is 2.05. The van der Waals surface area contributed by atoms with Gasteiger partial charge in [-0.3, -0.25) is 9.59 Å². The van der Waals surface area contributed by atoms with E-state index in [0.29, 0.717) is 19.7 Å². The molecule has 1 atom stereocenters. The molecule has 0 radical (unpaired) electrons. The first-order chi connectivity index (χ1) is 9.59. The van der Waals surface area contributed by atoms with Gasteiger partial charge in [0.1, 0.15) is 11.1 Å². The van der Waals surface area contributed by atoms with Crippen molar-refractivity contribution in [2.45, 2.75) is 18.7 Å². The Hall–Kier alpha value is -1.75. The van der Waals surface area contributed by atoms with Crippen LogP contribution in [0.3, 0.4) is 0 Å². The van der Waals surface area contributed by atoms with E-state index in [1.807, 2.05) is 30.3 Å². The molecule has 0 saturated carbocycles. The van der Waals surface area contributed by atoms with Gasteiger partial charge in [0.05, 0.1) is 13.0 Å². The molecule has 0 saturated heterocycles. The summed E-state index contributed by atoms with van der Waals surface area (Å²) in [5, 5.41) is 4.72. The molecule has 0 heterocycles. The Labute approximate surface area is 123 Å². The Morgan fingerprint density at radius 1 is 1.20 bits per heavy atom. The average Bonchev–Trinajstić information content (AvgIpc) is 2.44. The summed E-state index contributed by atoms with van der Waals surface area (Å²) in [6.45, 7) is 2.65. The Kier molecular flexibility index (Phi) is 7.50. The maximum absolute atomic E-state index is 11.5. The summed E-state index contributed by atoms with van der Waals surface area (Å²) in [4.78, 5) is 22.6. The highest BCUT2D eigenvalue weighted by atomic mass is 35.5. The summed E-state index contributed by atoms with van der Waals surface area (Å²) in [6.07, 6.45) is 0.273. The largest absolute Gasteiger partial charge is 0.493 e. The lowest BCUT2D eigenvalue weighted by Gasteiger charge is -2.08. The number of alkyl halides is 1. The van der Waals surface area contributed by atoms with Crippen LogP contribution >= 0.6 is 11.6 Å². The van der Waals surface area contributed by atoms with Crippen molar-refractivity contribution in [2.24, 2.45) is 0 Å². The number of halogens is 1. The van der Waals surface area contributed by atoms with Crippen molar-refractivity contribution in [3.8, 4) is 5.75 Å². The second-order valence-electron chi connectivity index (χ2n) is 4.17. The molecule has 1 aromatic rings. The van der Waals surface area contributed by atoms with Crippen LogP contribution < -0.4 is 15.4 Å². The van der Waals surface area contributed by atoms with E-state index in [9.17, 15) is 9.59 Å². The van der Waals surface area contributed by atoms with E-state index in [1.54, 1.807) is 6.92 Å². The molecule has 0 spiro atoms. The monoisotopic (exact) mass is 298 g/mol. The number of hydrogen-bond donors (Lipinski definition) is 2. The van der Waals surface area contributed by atoms with E-state index in [0.717, 1.165) is 5.75 Å². The van der Waals surface area contributed by atoms with E-state index in [-0.39, 0.29) is 18.2 Å². The van der Waals surface area contributed by atoms with E-state index >= 15 is 0 Å². The maximum atomic E-state index is 11.5. The van der Waals surface area contributed by atoms with Crippen molar-refractivity contribution >= 4 is 23.4 Å². The maximum Gasteiger partial charge on any atom is 0.237 e. The summed E-state index contributed by atoms with van der Waals surface area (Å²) in [7, 11) is 0. The number of nitrogens with one attached hydrogen (secondary N) is 2. The van der Waals surface area contributed by atoms with E-state index in [2.05, 4.69) is 10.6 Å². The standard InChI is InChI=1S/C14H19ClN2O3/c1-11(15)14(19)17-9-8-16-13(18)7-10-20-12-5-3-2-4-6-12/h2-6,11H,7-10H2,1H3,(H,16,18)(H,17,19). The van der Waals surface area contributed by atoms with Gasteiger partial charge in [0, 0.05) is 13.1 Å². The molecule has 0 aliphatic heterocycles. The smallest absolute Gasteiger partial charge is 0.237 e. The molecule has 2 N–H and O–H groups in total. The van der Waals surface area contributed by atoms with E-state index in [1.165, 1.54) is 0 Å². The Morgan fingerprint density at radius 3 is 2.50 bits per heavy atom. The van der Waals surface area contributed by atoms with Gasteiger partial charge >= 0.3 is 0 Å². The number of rotatable bonds is 8. The third-order valence-corrected chi connectivity index (χ3v) is 2.65. The number of hydrogen-bond acceptors (Lipinski definition) is 3. The fourth-order valence-electron chi connectivity index (χ4n) is 1.39. The molecule has 20 heavy (non-hydrogen) atoms. The van der Waals surface area contributed by atoms with Crippen LogP contribution in [0.4, 0.5) is 0 Å². The zero-order valence-corrected chi connectivity index (χ0v) is 12.2. The Bertz CT molecular complexity index is 424. The highest BCUT2D eigenvalue weighted by Crippen LogP contribution is 2.08. The fourth-order valence-corrected chi connectivity index (χ4v) is 1.47. The van der Waals surface area contributed by atoms with Gasteiger partial charge < -0.3 is 15.4 Å². The van der Waals surface area contributed by atoms with Gasteiger partial charge in [0.2, 0.25) is 11.8 Å². The third-order valence-electron chi connectivity index (χ3n) is 2.45. The lowest BCUT2D eigenvalue weighted by molar-refractivity contribution is -0.122. The molecular formula is C14H19ClN2O3. The van der Waals surface area contributed by atoms with Crippen LogP contribution in [-0.4, -0.2) is 36.9 Å². The molecule has 5 nitrogen and oxygen atoms in total. The lowest BCUT2D eigenvalue weighted by Crippen LogP contribution is -2.37. The van der Waals surface area contributed by atoms with Crippen LogP contribution in [0, 0.1) is 0 Å². The predicted molar refractivity (Wildman–Crippen MR) is 77.9 cm³/mol. The van der Waals surface area contributed by atoms with Crippen molar-refractivity contribution in [1.29, 1.82) is 0 Å². The van der Waals surface area contributed by atoms with Gasteiger partial charge in [0.25, 0.3) is 0 Å². The zero-order chi connectivity index (χ0) is 14.8. The predicted octanol–water partition coefficient (Wildman–Crippen LogP) is 1.32. The van der Waals surface area contributed by atoms with E-state index < -0.39 is 5.38 Å². The van der Waals surface area contributed by atoms with Crippen molar-refractivity contribution in [3.05, 3.63) is 30.3 Å². The van der Waals surface area contributed by atoms with Crippen molar-refractivity contribution in [2.75, 3.05) is 19.7 Å². The van der Waals surface area contributed by atoms with Gasteiger partial charge in [-0.2, -0.15) is 0 Å². The fraction of sp³-hybridized carbons (Fsp3) is 0.429. The molecule has 1 unspecified atom stereocenters. The van der Waals surface area contributed by atoms with Gasteiger partial charge in [-0.25, -0.2) is 0 Å². The lowest BCUT2D eigenvalue weighted by atomic mass is 10.3. The topological polar surface area (TPSA) is 67.4 Å². The average molecular weight is 299 g/mol. The molecular weight excluding hydrogens is 280 g/mol. The number of amides is 2. The van der Waals surface area contributed by atoms with Crippen LogP contribution in [0.2, 0.25) is 0 Å². The molecule has 2 amide bonds. The zero-order valence-electron chi connectivity index (χ0n) is 11.4. The normalized spacial score (nSPS) is 11.5. The molecule has 0 aliphatic rings. The van der Waals surface area contributed by atoms with Crippen LogP contribution in [0.25, 0.3) is 0 Å². The van der Waals surface area contributed by atoms with Crippen molar-refractivity contribution in [1.82, 2.24) is 10.6 Å². The third kappa shape index (κ3) is 6.99. The molecule has 110 valence electrons. The van der Waals surface area contributed by atoms with E-state index in [4.69, 9.17) is 16.3 Å². The van der Waals surface area contributed by atoms with Crippen molar-refractivity contribution < 1.29 is 14.3 Å². The van der Waals surface area contributed by atoms with Crippen LogP contribution in [0.5, 0.6) is 5.75 Å². The highest BCUT2D eigenvalue weighted by Gasteiger charge is 2.07. The first kappa shape index (κ1) is 16.3. The molecule has 0 aliphatic carbocycles. The van der Waals surface area contributed by atoms with Gasteiger partial charge in [-0.15, -0.1) is 11.6 Å². The molecule has 6 heteroatoms. The second-order valence-corrected chi connectivity index (χ2v) is 4.82. The summed E-state index contributed by atoms with van der Waals surface area (Å²) in [5.41, 5.74) is 0. The Morgan fingerprint density at radius 2 is 1.85 bits per heavy atom. The van der Waals surface area contributed by atoms with Crippen LogP contribution in [0.15, 0.2) is 30.3 Å². The van der Waals surface area contributed by atoms with Gasteiger partial charge in [-0.1, -0.05) is 18.2 Å². The number of carbonyl (C=O) groups is 2. The van der Waals surface area contributed by atoms with Crippen molar-refractivity contribution in [3.63, 3.8) is 0 Å². The quantitative estimate of drug-likeness (QED) is 0.562. The number of ether oxygens (including phenoxy) is 1. The summed E-state index contributed by atoms with van der Waals surface area (Å²) < 4.78 is 5.40. The highest BCUT2D eigenvalue weighted by molar-refractivity contribution is 6.30. The second kappa shape index (κ2) is 9.20. The van der Waals surface area contributed by atoms with Gasteiger partial charge in [-0.05, 0) is 19.1 Å². The minimum Gasteiger partial charge on any atom is -0.493 e. The molecule has 0 fully saturated rings. The minimum absolute atomic E-state index is 0.117. The SMILES string of the molecule is CC(Cl)C(=O)NCCNC(=O)CCOc1ccccc1. The number of carbonyl (C=O) groups excluding carboxylic acids is 2. The first-order valence-corrected chi connectivity index (χ1v) is 6.89. The summed E-state index contributed by atoms with van der Waals surface area (Å²) >= 11 is 5.58. The molecule has 0 bridgehead atoms. The van der Waals surface area contributed by atoms with Crippen LogP contribution in [-0.2, 0) is 9.59 Å². The number of benzene rings is 1.